The lowest BCUT2D eigenvalue weighted by Crippen LogP contribution is -2.27. The Kier molecular flexibility index (Phi) is 3.40. The van der Waals surface area contributed by atoms with Gasteiger partial charge in [0, 0.05) is 30.8 Å². The Hall–Kier alpha value is -0.740. The van der Waals surface area contributed by atoms with Gasteiger partial charge in [0.1, 0.15) is 5.69 Å². The number of rotatable bonds is 3. The molecule has 1 aliphatic heterocycles. The molecule has 0 bridgehead atoms. The SMILES string of the molecule is CC(=O)c1csc(C2CCN(C(C)C)C2)n1. The molecular formula is C12H18N2OS. The monoisotopic (exact) mass is 238 g/mol. The van der Waals surface area contributed by atoms with Crippen molar-refractivity contribution in [2.75, 3.05) is 13.1 Å². The molecule has 2 heterocycles. The summed E-state index contributed by atoms with van der Waals surface area (Å²) < 4.78 is 0. The van der Waals surface area contributed by atoms with Gasteiger partial charge in [-0.3, -0.25) is 4.79 Å². The minimum atomic E-state index is 0.0706. The summed E-state index contributed by atoms with van der Waals surface area (Å²) in [5.41, 5.74) is 0.628. The first kappa shape index (κ1) is 11.7. The third-order valence-electron chi connectivity index (χ3n) is 3.18. The number of nitrogens with zero attached hydrogens (tertiary/aromatic N) is 2. The maximum Gasteiger partial charge on any atom is 0.178 e. The van der Waals surface area contributed by atoms with E-state index in [-0.39, 0.29) is 5.78 Å². The van der Waals surface area contributed by atoms with Crippen LogP contribution in [0.25, 0.3) is 0 Å². The molecule has 0 amide bonds. The number of hydrogen-bond acceptors (Lipinski definition) is 4. The number of ketones is 1. The van der Waals surface area contributed by atoms with Gasteiger partial charge in [0.2, 0.25) is 0 Å². The van der Waals surface area contributed by atoms with E-state index in [0.717, 1.165) is 18.1 Å². The second kappa shape index (κ2) is 4.63. The summed E-state index contributed by atoms with van der Waals surface area (Å²) in [6.45, 7) is 8.27. The summed E-state index contributed by atoms with van der Waals surface area (Å²) >= 11 is 1.63. The molecular weight excluding hydrogens is 220 g/mol. The lowest BCUT2D eigenvalue weighted by Gasteiger charge is -2.19. The molecule has 0 saturated carbocycles. The van der Waals surface area contributed by atoms with Crippen LogP contribution in [0.3, 0.4) is 0 Å². The van der Waals surface area contributed by atoms with Crippen molar-refractivity contribution < 1.29 is 4.79 Å². The first-order valence-electron chi connectivity index (χ1n) is 5.78. The summed E-state index contributed by atoms with van der Waals surface area (Å²) in [7, 11) is 0. The number of hydrogen-bond donors (Lipinski definition) is 0. The second-order valence-corrected chi connectivity index (χ2v) is 5.59. The Bertz CT molecular complexity index is 386. The van der Waals surface area contributed by atoms with Crippen molar-refractivity contribution in [1.82, 2.24) is 9.88 Å². The van der Waals surface area contributed by atoms with Gasteiger partial charge in [-0.15, -0.1) is 11.3 Å². The summed E-state index contributed by atoms with van der Waals surface area (Å²) in [6, 6.07) is 0.609. The van der Waals surface area contributed by atoms with Crippen LogP contribution >= 0.6 is 11.3 Å². The average Bonchev–Trinajstić information content (AvgIpc) is 2.86. The van der Waals surface area contributed by atoms with Gasteiger partial charge in [0.05, 0.1) is 5.01 Å². The molecule has 1 aromatic heterocycles. The predicted octanol–water partition coefficient (Wildman–Crippen LogP) is 2.54. The van der Waals surface area contributed by atoms with E-state index in [1.807, 2.05) is 5.38 Å². The summed E-state index contributed by atoms with van der Waals surface area (Å²) in [5, 5.41) is 3.02. The largest absolute Gasteiger partial charge is 0.300 e. The molecule has 4 heteroatoms. The molecule has 2 rings (SSSR count). The average molecular weight is 238 g/mol. The zero-order valence-electron chi connectivity index (χ0n) is 10.1. The lowest BCUT2D eigenvalue weighted by molar-refractivity contribution is 0.101. The van der Waals surface area contributed by atoms with E-state index >= 15 is 0 Å². The standard InChI is InChI=1S/C12H18N2OS/c1-8(2)14-5-4-10(6-14)12-13-11(7-16-12)9(3)15/h7-8,10H,4-6H2,1-3H3. The molecule has 0 radical (unpaired) electrons. The van der Waals surface area contributed by atoms with Gasteiger partial charge in [-0.2, -0.15) is 0 Å². The van der Waals surface area contributed by atoms with Crippen LogP contribution in [-0.4, -0.2) is 34.8 Å². The molecule has 1 unspecified atom stereocenters. The Morgan fingerprint density at radius 1 is 1.62 bits per heavy atom. The minimum Gasteiger partial charge on any atom is -0.300 e. The zero-order valence-corrected chi connectivity index (χ0v) is 10.9. The van der Waals surface area contributed by atoms with Crippen LogP contribution < -0.4 is 0 Å². The number of Topliss-reactive ketones (excluding diaryl/α,β-unsaturated/α-hetero) is 1. The summed E-state index contributed by atoms with van der Waals surface area (Å²) in [6.07, 6.45) is 1.17. The van der Waals surface area contributed by atoms with Gasteiger partial charge < -0.3 is 4.90 Å². The Morgan fingerprint density at radius 3 is 2.88 bits per heavy atom. The third-order valence-corrected chi connectivity index (χ3v) is 4.19. The zero-order chi connectivity index (χ0) is 11.7. The Balaban J connectivity index is 2.06. The molecule has 0 N–H and O–H groups in total. The molecule has 1 aromatic rings. The van der Waals surface area contributed by atoms with E-state index < -0.39 is 0 Å². The highest BCUT2D eigenvalue weighted by atomic mass is 32.1. The smallest absolute Gasteiger partial charge is 0.178 e. The molecule has 88 valence electrons. The van der Waals surface area contributed by atoms with E-state index in [1.165, 1.54) is 6.42 Å². The molecule has 1 aliphatic rings. The lowest BCUT2D eigenvalue weighted by atomic mass is 10.1. The molecule has 16 heavy (non-hydrogen) atoms. The summed E-state index contributed by atoms with van der Waals surface area (Å²) in [5.74, 6) is 0.599. The van der Waals surface area contributed by atoms with E-state index in [0.29, 0.717) is 17.7 Å². The molecule has 1 fully saturated rings. The first-order chi connectivity index (χ1) is 7.58. The highest BCUT2D eigenvalue weighted by molar-refractivity contribution is 7.09. The van der Waals surface area contributed by atoms with E-state index in [4.69, 9.17) is 0 Å². The van der Waals surface area contributed by atoms with Crippen LogP contribution in [0, 0.1) is 0 Å². The van der Waals surface area contributed by atoms with E-state index in [9.17, 15) is 4.79 Å². The van der Waals surface area contributed by atoms with Crippen LogP contribution in [0.4, 0.5) is 0 Å². The second-order valence-electron chi connectivity index (χ2n) is 4.70. The van der Waals surface area contributed by atoms with Gasteiger partial charge in [-0.05, 0) is 26.8 Å². The maximum atomic E-state index is 11.2. The van der Waals surface area contributed by atoms with Crippen molar-refractivity contribution in [3.8, 4) is 0 Å². The van der Waals surface area contributed by atoms with Crippen molar-refractivity contribution in [2.45, 2.75) is 39.2 Å². The van der Waals surface area contributed by atoms with E-state index in [1.54, 1.807) is 18.3 Å². The normalized spacial score (nSPS) is 21.9. The van der Waals surface area contributed by atoms with Crippen molar-refractivity contribution >= 4 is 17.1 Å². The molecule has 3 nitrogen and oxygen atoms in total. The molecule has 0 aromatic carbocycles. The van der Waals surface area contributed by atoms with Gasteiger partial charge >= 0.3 is 0 Å². The van der Waals surface area contributed by atoms with Crippen LogP contribution in [0.1, 0.15) is 48.6 Å². The quantitative estimate of drug-likeness (QED) is 0.759. The Morgan fingerprint density at radius 2 is 2.38 bits per heavy atom. The fourth-order valence-electron chi connectivity index (χ4n) is 2.09. The number of carbonyl (C=O) groups is 1. The topological polar surface area (TPSA) is 33.2 Å². The van der Waals surface area contributed by atoms with Crippen molar-refractivity contribution in [3.05, 3.63) is 16.1 Å². The van der Waals surface area contributed by atoms with Crippen LogP contribution in [0.2, 0.25) is 0 Å². The highest BCUT2D eigenvalue weighted by Crippen LogP contribution is 2.30. The van der Waals surface area contributed by atoms with Crippen molar-refractivity contribution in [1.29, 1.82) is 0 Å². The number of thiazole rings is 1. The van der Waals surface area contributed by atoms with Crippen molar-refractivity contribution in [2.24, 2.45) is 0 Å². The minimum absolute atomic E-state index is 0.0706. The number of aromatic nitrogens is 1. The molecule has 0 spiro atoms. The van der Waals surface area contributed by atoms with E-state index in [2.05, 4.69) is 23.7 Å². The van der Waals surface area contributed by atoms with Crippen LogP contribution in [0.5, 0.6) is 0 Å². The van der Waals surface area contributed by atoms with Gasteiger partial charge in [0.15, 0.2) is 5.78 Å². The van der Waals surface area contributed by atoms with Crippen LogP contribution in [-0.2, 0) is 0 Å². The first-order valence-corrected chi connectivity index (χ1v) is 6.66. The summed E-state index contributed by atoms with van der Waals surface area (Å²) in [4.78, 5) is 18.1. The molecule has 0 aliphatic carbocycles. The molecule has 1 saturated heterocycles. The number of likely N-dealkylation sites (tertiary alicyclic amines) is 1. The predicted molar refractivity (Wildman–Crippen MR) is 66.2 cm³/mol. The third kappa shape index (κ3) is 2.33. The fraction of sp³-hybridized carbons (Fsp3) is 0.667. The number of carbonyl (C=O) groups excluding carboxylic acids is 1. The fourth-order valence-corrected chi connectivity index (χ4v) is 3.08. The van der Waals surface area contributed by atoms with Gasteiger partial charge in [-0.1, -0.05) is 0 Å². The molecule has 1 atom stereocenters. The van der Waals surface area contributed by atoms with Gasteiger partial charge in [-0.25, -0.2) is 4.98 Å². The van der Waals surface area contributed by atoms with Crippen LogP contribution in [0.15, 0.2) is 5.38 Å². The van der Waals surface area contributed by atoms with Gasteiger partial charge in [0.25, 0.3) is 0 Å². The maximum absolute atomic E-state index is 11.2. The highest BCUT2D eigenvalue weighted by Gasteiger charge is 2.27. The Labute approximate surface area is 100 Å². The van der Waals surface area contributed by atoms with Crippen molar-refractivity contribution in [3.63, 3.8) is 0 Å².